The van der Waals surface area contributed by atoms with Gasteiger partial charge in [-0.05, 0) is 29.4 Å². The van der Waals surface area contributed by atoms with Gasteiger partial charge in [-0.2, -0.15) is 0 Å². The summed E-state index contributed by atoms with van der Waals surface area (Å²) in [4.78, 5) is 0. The van der Waals surface area contributed by atoms with Gasteiger partial charge in [-0.25, -0.2) is 0 Å². The van der Waals surface area contributed by atoms with Gasteiger partial charge in [0.05, 0.1) is 5.69 Å². The van der Waals surface area contributed by atoms with Crippen molar-refractivity contribution in [2.24, 2.45) is 17.1 Å². The molecule has 2 N–H and O–H groups in total. The molecule has 1 aromatic rings. The monoisotopic (exact) mass is 183 g/mol. The van der Waals surface area contributed by atoms with E-state index in [9.17, 15) is 0 Å². The molecule has 2 atom stereocenters. The lowest BCUT2D eigenvalue weighted by Crippen LogP contribution is -2.05. The van der Waals surface area contributed by atoms with Crippen LogP contribution in [0.1, 0.15) is 25.5 Å². The molecule has 0 spiro atoms. The molecule has 0 saturated heterocycles. The Morgan fingerprint density at radius 3 is 2.83 bits per heavy atom. The molecule has 0 radical (unpaired) electrons. The van der Waals surface area contributed by atoms with E-state index in [0.29, 0.717) is 17.3 Å². The van der Waals surface area contributed by atoms with Gasteiger partial charge in [0, 0.05) is 11.3 Å². The molecule has 1 aromatic heterocycles. The van der Waals surface area contributed by atoms with Gasteiger partial charge in [0.25, 0.3) is 0 Å². The summed E-state index contributed by atoms with van der Waals surface area (Å²) in [5, 5.41) is 6.11. The standard InChI is InChI=1S/C8H13N3S/c1-8(2)5(3-9)7(8)6-4-12-11-10-6/h4-5,7H,3,9H2,1-2H3/t5-,7+/m0/s1. The Morgan fingerprint density at radius 1 is 1.67 bits per heavy atom. The molecule has 0 bridgehead atoms. The Morgan fingerprint density at radius 2 is 2.42 bits per heavy atom. The average molecular weight is 183 g/mol. The second-order valence-corrected chi connectivity index (χ2v) is 4.58. The number of hydrogen-bond donors (Lipinski definition) is 1. The van der Waals surface area contributed by atoms with Crippen molar-refractivity contribution in [2.75, 3.05) is 6.54 Å². The molecule has 0 unspecified atom stereocenters. The Balaban J connectivity index is 2.19. The summed E-state index contributed by atoms with van der Waals surface area (Å²) >= 11 is 1.42. The molecule has 4 heteroatoms. The quantitative estimate of drug-likeness (QED) is 0.750. The van der Waals surface area contributed by atoms with Crippen LogP contribution in [0.3, 0.4) is 0 Å². The summed E-state index contributed by atoms with van der Waals surface area (Å²) in [6.45, 7) is 5.25. The van der Waals surface area contributed by atoms with Crippen molar-refractivity contribution in [1.29, 1.82) is 0 Å². The minimum absolute atomic E-state index is 0.338. The third-order valence-electron chi connectivity index (χ3n) is 3.00. The van der Waals surface area contributed by atoms with E-state index in [-0.39, 0.29) is 0 Å². The van der Waals surface area contributed by atoms with Crippen molar-refractivity contribution in [1.82, 2.24) is 9.59 Å². The maximum Gasteiger partial charge on any atom is 0.0795 e. The van der Waals surface area contributed by atoms with Crippen LogP contribution in [0.15, 0.2) is 5.38 Å². The molecule has 0 aromatic carbocycles. The highest BCUT2D eigenvalue weighted by molar-refractivity contribution is 7.03. The maximum atomic E-state index is 5.66. The first-order valence-corrected chi connectivity index (χ1v) is 4.98. The van der Waals surface area contributed by atoms with Crippen molar-refractivity contribution in [2.45, 2.75) is 19.8 Å². The first-order chi connectivity index (χ1) is 5.68. The lowest BCUT2D eigenvalue weighted by molar-refractivity contribution is 0.557. The second kappa shape index (κ2) is 2.50. The topological polar surface area (TPSA) is 51.8 Å². The van der Waals surface area contributed by atoms with Crippen LogP contribution in [0.4, 0.5) is 0 Å². The first kappa shape index (κ1) is 8.13. The molecule has 12 heavy (non-hydrogen) atoms. The van der Waals surface area contributed by atoms with Crippen LogP contribution in [0.25, 0.3) is 0 Å². The minimum atomic E-state index is 0.338. The van der Waals surface area contributed by atoms with Crippen LogP contribution in [0, 0.1) is 11.3 Å². The zero-order valence-corrected chi connectivity index (χ0v) is 8.14. The lowest BCUT2D eigenvalue weighted by atomic mass is 10.1. The van der Waals surface area contributed by atoms with Gasteiger partial charge < -0.3 is 5.73 Å². The van der Waals surface area contributed by atoms with Crippen LogP contribution in [-0.4, -0.2) is 16.1 Å². The van der Waals surface area contributed by atoms with Crippen molar-refractivity contribution in [3.05, 3.63) is 11.1 Å². The van der Waals surface area contributed by atoms with E-state index in [1.807, 2.05) is 5.38 Å². The number of hydrogen-bond acceptors (Lipinski definition) is 4. The van der Waals surface area contributed by atoms with Crippen LogP contribution < -0.4 is 5.73 Å². The van der Waals surface area contributed by atoms with Gasteiger partial charge >= 0.3 is 0 Å². The fourth-order valence-electron chi connectivity index (χ4n) is 2.08. The van der Waals surface area contributed by atoms with E-state index in [4.69, 9.17) is 5.73 Å². The summed E-state index contributed by atoms with van der Waals surface area (Å²) in [5.41, 5.74) is 7.12. The molecule has 2 rings (SSSR count). The van der Waals surface area contributed by atoms with Gasteiger partial charge in [0.2, 0.25) is 0 Å². The Hall–Kier alpha value is -0.480. The van der Waals surface area contributed by atoms with E-state index in [2.05, 4.69) is 23.4 Å². The number of aromatic nitrogens is 2. The molecule has 0 amide bonds. The normalized spacial score (nSPS) is 31.9. The van der Waals surface area contributed by atoms with E-state index in [0.717, 1.165) is 12.2 Å². The third-order valence-corrected chi connectivity index (χ3v) is 3.52. The highest BCUT2D eigenvalue weighted by Gasteiger charge is 2.58. The fraction of sp³-hybridized carbons (Fsp3) is 0.750. The van der Waals surface area contributed by atoms with Gasteiger partial charge in [-0.1, -0.05) is 18.3 Å². The Bertz CT molecular complexity index is 268. The van der Waals surface area contributed by atoms with E-state index in [1.165, 1.54) is 11.5 Å². The Labute approximate surface area is 76.1 Å². The van der Waals surface area contributed by atoms with Crippen molar-refractivity contribution in [3.8, 4) is 0 Å². The molecule has 3 nitrogen and oxygen atoms in total. The molecule has 1 aliphatic carbocycles. The minimum Gasteiger partial charge on any atom is -0.330 e. The second-order valence-electron chi connectivity index (χ2n) is 3.97. The summed E-state index contributed by atoms with van der Waals surface area (Å²) < 4.78 is 3.87. The number of rotatable bonds is 2. The predicted molar refractivity (Wildman–Crippen MR) is 49.0 cm³/mol. The summed E-state index contributed by atoms with van der Waals surface area (Å²) in [7, 11) is 0. The van der Waals surface area contributed by atoms with E-state index < -0.39 is 0 Å². The Kier molecular flexibility index (Phi) is 1.70. The maximum absolute atomic E-state index is 5.66. The zero-order valence-electron chi connectivity index (χ0n) is 7.32. The van der Waals surface area contributed by atoms with Gasteiger partial charge in [-0.3, -0.25) is 0 Å². The summed E-state index contributed by atoms with van der Waals surface area (Å²) in [6, 6.07) is 0. The van der Waals surface area contributed by atoms with Crippen LogP contribution in [0.5, 0.6) is 0 Å². The third kappa shape index (κ3) is 0.983. The molecular weight excluding hydrogens is 170 g/mol. The highest BCUT2D eigenvalue weighted by atomic mass is 32.1. The molecule has 1 aliphatic rings. The van der Waals surface area contributed by atoms with Gasteiger partial charge in [-0.15, -0.1) is 5.10 Å². The SMILES string of the molecule is CC1(C)[C@@H](CN)[C@@H]1c1csnn1. The molecule has 1 fully saturated rings. The first-order valence-electron chi connectivity index (χ1n) is 4.15. The lowest BCUT2D eigenvalue weighted by Gasteiger charge is -1.97. The van der Waals surface area contributed by atoms with Gasteiger partial charge in [0.15, 0.2) is 0 Å². The van der Waals surface area contributed by atoms with Crippen molar-refractivity contribution in [3.63, 3.8) is 0 Å². The molecule has 1 saturated carbocycles. The highest BCUT2D eigenvalue weighted by Crippen LogP contribution is 2.63. The predicted octanol–water partition coefficient (Wildman–Crippen LogP) is 1.24. The summed E-state index contributed by atoms with van der Waals surface area (Å²) in [5.74, 6) is 1.14. The van der Waals surface area contributed by atoms with Crippen LogP contribution in [-0.2, 0) is 0 Å². The fourth-order valence-corrected chi connectivity index (χ4v) is 2.57. The van der Waals surface area contributed by atoms with Gasteiger partial charge in [0.1, 0.15) is 0 Å². The zero-order chi connectivity index (χ0) is 8.77. The van der Waals surface area contributed by atoms with Crippen molar-refractivity contribution >= 4 is 11.5 Å². The van der Waals surface area contributed by atoms with Crippen LogP contribution in [0.2, 0.25) is 0 Å². The molecule has 1 heterocycles. The van der Waals surface area contributed by atoms with Crippen molar-refractivity contribution < 1.29 is 0 Å². The molecule has 66 valence electrons. The summed E-state index contributed by atoms with van der Waals surface area (Å²) in [6.07, 6.45) is 0. The van der Waals surface area contributed by atoms with E-state index in [1.54, 1.807) is 0 Å². The number of nitrogens with two attached hydrogens (primary N) is 1. The largest absolute Gasteiger partial charge is 0.330 e. The van der Waals surface area contributed by atoms with E-state index >= 15 is 0 Å². The number of nitrogens with zero attached hydrogens (tertiary/aromatic N) is 2. The smallest absolute Gasteiger partial charge is 0.0795 e. The average Bonchev–Trinajstić information content (AvgIpc) is 2.50. The molecule has 0 aliphatic heterocycles. The molecular formula is C8H13N3S. The van der Waals surface area contributed by atoms with Crippen LogP contribution >= 0.6 is 11.5 Å².